The Labute approximate surface area is 169 Å². The zero-order chi connectivity index (χ0) is 21.2. The number of nitriles is 1. The van der Waals surface area contributed by atoms with Gasteiger partial charge in [-0.15, -0.1) is 0 Å². The molecule has 1 heterocycles. The Hall–Kier alpha value is -3.34. The smallest absolute Gasteiger partial charge is 0.340 e. The molecule has 0 spiro atoms. The Balaban J connectivity index is 2.06. The summed E-state index contributed by atoms with van der Waals surface area (Å²) in [6, 6.07) is 8.33. The largest absolute Gasteiger partial charge is 0.481 e. The van der Waals surface area contributed by atoms with Gasteiger partial charge in [0.1, 0.15) is 11.6 Å². The van der Waals surface area contributed by atoms with E-state index in [1.165, 1.54) is 6.20 Å². The lowest BCUT2D eigenvalue weighted by molar-refractivity contribution is -0.143. The summed E-state index contributed by atoms with van der Waals surface area (Å²) in [4.78, 5) is 37.6. The highest BCUT2D eigenvalue weighted by molar-refractivity contribution is 6.09. The fraction of sp³-hybridized carbons (Fsp3) is 0.429. The number of hydrogen-bond acceptors (Lipinski definition) is 6. The van der Waals surface area contributed by atoms with E-state index in [9.17, 15) is 19.6 Å². The number of nitrogens with zero attached hydrogens (tertiary/aromatic N) is 2. The first-order valence-corrected chi connectivity index (χ1v) is 9.62. The number of esters is 1. The quantitative estimate of drug-likeness (QED) is 0.298. The normalized spacial score (nSPS) is 14.8. The average molecular weight is 399 g/mol. The van der Waals surface area contributed by atoms with Crippen LogP contribution in [-0.4, -0.2) is 47.5 Å². The van der Waals surface area contributed by atoms with Crippen LogP contribution in [-0.2, 0) is 14.3 Å². The third-order valence-electron chi connectivity index (χ3n) is 4.68. The van der Waals surface area contributed by atoms with Crippen molar-refractivity contribution in [3.8, 4) is 6.07 Å². The fourth-order valence-electron chi connectivity index (χ4n) is 2.94. The lowest BCUT2D eigenvalue weighted by Gasteiger charge is -2.29. The molecule has 0 bridgehead atoms. The van der Waals surface area contributed by atoms with Crippen molar-refractivity contribution in [3.05, 3.63) is 41.6 Å². The van der Waals surface area contributed by atoms with Crippen LogP contribution in [0.1, 0.15) is 43.0 Å². The van der Waals surface area contributed by atoms with Gasteiger partial charge in [0.2, 0.25) is 0 Å². The summed E-state index contributed by atoms with van der Waals surface area (Å²) in [5.74, 6) is -2.40. The number of likely N-dealkylation sites (tertiary alicyclic amines) is 1. The minimum Gasteiger partial charge on any atom is -0.481 e. The number of hydrogen-bond donors (Lipinski definition) is 2. The molecule has 2 N–H and O–H groups in total. The Morgan fingerprint density at radius 3 is 2.62 bits per heavy atom. The average Bonchev–Trinajstić information content (AvgIpc) is 2.72. The number of rotatable bonds is 8. The number of nitrogens with one attached hydrogen (secondary N) is 1. The number of para-hydroxylation sites is 1. The van der Waals surface area contributed by atoms with Gasteiger partial charge >= 0.3 is 11.9 Å². The molecule has 29 heavy (non-hydrogen) atoms. The molecule has 1 aliphatic rings. The van der Waals surface area contributed by atoms with Gasteiger partial charge in [-0.1, -0.05) is 25.5 Å². The maximum absolute atomic E-state index is 12.6. The molecule has 2 rings (SSSR count). The van der Waals surface area contributed by atoms with Crippen molar-refractivity contribution >= 4 is 23.5 Å². The zero-order valence-corrected chi connectivity index (χ0v) is 16.4. The summed E-state index contributed by atoms with van der Waals surface area (Å²) in [7, 11) is 0. The number of unbranched alkanes of at least 4 members (excludes halogenated alkanes) is 1. The van der Waals surface area contributed by atoms with E-state index < -0.39 is 23.8 Å². The van der Waals surface area contributed by atoms with E-state index in [4.69, 9.17) is 9.84 Å². The molecule has 8 nitrogen and oxygen atoms in total. The summed E-state index contributed by atoms with van der Waals surface area (Å²) < 4.78 is 5.20. The maximum atomic E-state index is 12.6. The topological polar surface area (TPSA) is 120 Å². The van der Waals surface area contributed by atoms with Gasteiger partial charge in [-0.05, 0) is 31.4 Å². The molecule has 154 valence electrons. The number of aliphatic carboxylic acids is 1. The highest BCUT2D eigenvalue weighted by Gasteiger charge is 2.24. The molecule has 0 atom stereocenters. The molecule has 0 radical (unpaired) electrons. The maximum Gasteiger partial charge on any atom is 0.340 e. The van der Waals surface area contributed by atoms with Crippen molar-refractivity contribution in [1.82, 2.24) is 4.90 Å². The van der Waals surface area contributed by atoms with Crippen LogP contribution in [0.15, 0.2) is 36.0 Å². The van der Waals surface area contributed by atoms with E-state index in [1.54, 1.807) is 29.2 Å². The monoisotopic (exact) mass is 399 g/mol. The number of anilines is 1. The third kappa shape index (κ3) is 6.35. The van der Waals surface area contributed by atoms with Gasteiger partial charge in [0, 0.05) is 19.3 Å². The number of carboxylic acid groups (broad SMARTS) is 1. The van der Waals surface area contributed by atoms with E-state index in [0.29, 0.717) is 32.5 Å². The van der Waals surface area contributed by atoms with Crippen molar-refractivity contribution < 1.29 is 24.2 Å². The van der Waals surface area contributed by atoms with E-state index in [0.717, 1.165) is 12.8 Å². The Morgan fingerprint density at radius 1 is 1.31 bits per heavy atom. The molecule has 1 fully saturated rings. The lowest BCUT2D eigenvalue weighted by atomic mass is 9.97. The van der Waals surface area contributed by atoms with Gasteiger partial charge in [-0.3, -0.25) is 9.59 Å². The van der Waals surface area contributed by atoms with Crippen LogP contribution in [0.5, 0.6) is 0 Å². The second-order valence-corrected chi connectivity index (χ2v) is 6.79. The molecular formula is C21H25N3O5. The Morgan fingerprint density at radius 2 is 2.00 bits per heavy atom. The van der Waals surface area contributed by atoms with E-state index in [-0.39, 0.29) is 16.8 Å². The van der Waals surface area contributed by atoms with E-state index >= 15 is 0 Å². The molecule has 0 unspecified atom stereocenters. The van der Waals surface area contributed by atoms with Crippen molar-refractivity contribution in [2.75, 3.05) is 25.0 Å². The first-order chi connectivity index (χ1) is 14.0. The van der Waals surface area contributed by atoms with E-state index in [2.05, 4.69) is 5.32 Å². The molecular weight excluding hydrogens is 374 g/mol. The van der Waals surface area contributed by atoms with Gasteiger partial charge in [0.05, 0.1) is 23.8 Å². The van der Waals surface area contributed by atoms with Crippen molar-refractivity contribution in [2.45, 2.75) is 32.6 Å². The van der Waals surface area contributed by atoms with Crippen LogP contribution in [0.3, 0.4) is 0 Å². The molecule has 0 saturated carbocycles. The van der Waals surface area contributed by atoms with Crippen LogP contribution < -0.4 is 5.32 Å². The number of ether oxygens (including phenoxy) is 1. The number of carboxylic acids is 1. The van der Waals surface area contributed by atoms with Crippen molar-refractivity contribution in [3.63, 3.8) is 0 Å². The molecule has 1 aromatic rings. The predicted molar refractivity (Wildman–Crippen MR) is 106 cm³/mol. The number of amides is 1. The van der Waals surface area contributed by atoms with Crippen molar-refractivity contribution in [2.24, 2.45) is 5.92 Å². The number of carbonyl (C=O) groups excluding carboxylic acids is 2. The third-order valence-corrected chi connectivity index (χ3v) is 4.68. The second-order valence-electron chi connectivity index (χ2n) is 6.79. The second kappa shape index (κ2) is 10.9. The summed E-state index contributed by atoms with van der Waals surface area (Å²) in [6.07, 6.45) is 4.00. The van der Waals surface area contributed by atoms with Crippen LogP contribution in [0.25, 0.3) is 0 Å². The highest BCUT2D eigenvalue weighted by Crippen LogP contribution is 2.20. The molecule has 1 aromatic carbocycles. The highest BCUT2D eigenvalue weighted by atomic mass is 16.5. The van der Waals surface area contributed by atoms with Gasteiger partial charge in [0.25, 0.3) is 5.91 Å². The molecule has 1 aliphatic heterocycles. The standard InChI is InChI=1S/C21H25N3O5/c1-2-3-12-29-21(28)17-6-4-5-7-18(17)23-19(25)16(13-22)14-24-10-8-15(9-11-24)20(26)27/h4-7,14-15H,2-3,8-12H2,1H3,(H,23,25)(H,26,27)/b16-14-. The van der Waals surface area contributed by atoms with E-state index in [1.807, 2.05) is 13.0 Å². The SMILES string of the molecule is CCCCOC(=O)c1ccccc1NC(=O)/C(C#N)=C\N1CCC(C(=O)O)CC1. The van der Waals surface area contributed by atoms with Gasteiger partial charge in [-0.2, -0.15) is 5.26 Å². The number of benzene rings is 1. The van der Waals surface area contributed by atoms with Crippen LogP contribution >= 0.6 is 0 Å². The van der Waals surface area contributed by atoms with Crippen LogP contribution in [0, 0.1) is 17.2 Å². The molecule has 1 amide bonds. The first-order valence-electron chi connectivity index (χ1n) is 9.62. The summed E-state index contributed by atoms with van der Waals surface area (Å²) >= 11 is 0. The summed E-state index contributed by atoms with van der Waals surface area (Å²) in [5.41, 5.74) is 0.370. The molecule has 0 aliphatic carbocycles. The fourth-order valence-corrected chi connectivity index (χ4v) is 2.94. The lowest BCUT2D eigenvalue weighted by Crippen LogP contribution is -2.33. The van der Waals surface area contributed by atoms with Crippen LogP contribution in [0.4, 0.5) is 5.69 Å². The minimum atomic E-state index is -0.825. The molecule has 0 aromatic heterocycles. The summed E-state index contributed by atoms with van der Waals surface area (Å²) in [5, 5.41) is 21.0. The Kier molecular flexibility index (Phi) is 8.22. The molecule has 8 heteroatoms. The van der Waals surface area contributed by atoms with Crippen molar-refractivity contribution in [1.29, 1.82) is 5.26 Å². The number of carbonyl (C=O) groups is 3. The van der Waals surface area contributed by atoms with Gasteiger partial charge < -0.3 is 20.1 Å². The van der Waals surface area contributed by atoms with Gasteiger partial charge in [0.15, 0.2) is 0 Å². The Bertz CT molecular complexity index is 820. The first kappa shape index (κ1) is 22.0. The van der Waals surface area contributed by atoms with Gasteiger partial charge in [-0.25, -0.2) is 4.79 Å². The minimum absolute atomic E-state index is 0.118. The zero-order valence-electron chi connectivity index (χ0n) is 16.4. The molecule has 1 saturated heterocycles. The van der Waals surface area contributed by atoms with Crippen LogP contribution in [0.2, 0.25) is 0 Å². The predicted octanol–water partition coefficient (Wildman–Crippen LogP) is 2.79. The number of piperidine rings is 1. The summed E-state index contributed by atoms with van der Waals surface area (Å²) in [6.45, 7) is 3.20.